The number of alkyl halides is 3. The van der Waals surface area contributed by atoms with Crippen molar-refractivity contribution in [2.24, 2.45) is 5.41 Å². The van der Waals surface area contributed by atoms with Crippen LogP contribution < -0.4 is 0 Å². The number of nitriles is 1. The highest BCUT2D eigenvalue weighted by Gasteiger charge is 2.49. The number of rotatable bonds is 3. The molecule has 1 aliphatic carbocycles. The van der Waals surface area contributed by atoms with Gasteiger partial charge in [0.2, 0.25) is 0 Å². The lowest BCUT2D eigenvalue weighted by Crippen LogP contribution is -2.36. The van der Waals surface area contributed by atoms with Gasteiger partial charge < -0.3 is 0 Å². The van der Waals surface area contributed by atoms with E-state index < -0.39 is 27.6 Å². The lowest BCUT2D eigenvalue weighted by atomic mass is 9.71. The normalized spacial score (nSPS) is 20.4. The molecule has 1 aliphatic rings. The van der Waals surface area contributed by atoms with Crippen molar-refractivity contribution >= 4 is 10.1 Å². The first-order valence-electron chi connectivity index (χ1n) is 4.09. The topological polar surface area (TPSA) is 67.2 Å². The van der Waals surface area contributed by atoms with Gasteiger partial charge in [0.25, 0.3) is 0 Å². The fraction of sp³-hybridized carbons (Fsp3) is 0.857. The number of hydrogen-bond acceptors (Lipinski definition) is 4. The number of halogens is 3. The van der Waals surface area contributed by atoms with Gasteiger partial charge in [-0.15, -0.1) is 0 Å². The standard InChI is InChI=1S/C7H8F3NO3S/c8-7(9,10)15(12,13)14-5-6(4-11)2-1-3-6/h1-3,5H2. The van der Waals surface area contributed by atoms with Gasteiger partial charge in [0.05, 0.1) is 18.1 Å². The molecule has 86 valence electrons. The van der Waals surface area contributed by atoms with Crippen LogP contribution in [0.1, 0.15) is 19.3 Å². The van der Waals surface area contributed by atoms with Gasteiger partial charge in [-0.2, -0.15) is 26.9 Å². The third-order valence-electron chi connectivity index (χ3n) is 2.32. The van der Waals surface area contributed by atoms with Crippen LogP contribution in [-0.4, -0.2) is 20.5 Å². The Balaban J connectivity index is 2.62. The summed E-state index contributed by atoms with van der Waals surface area (Å²) in [5.74, 6) is 0. The van der Waals surface area contributed by atoms with E-state index in [1.165, 1.54) is 0 Å². The third-order valence-corrected chi connectivity index (χ3v) is 3.32. The van der Waals surface area contributed by atoms with Crippen LogP contribution in [0.5, 0.6) is 0 Å². The maximum atomic E-state index is 11.8. The van der Waals surface area contributed by atoms with Gasteiger partial charge in [-0.05, 0) is 12.8 Å². The summed E-state index contributed by atoms with van der Waals surface area (Å²) in [6, 6.07) is 1.78. The SMILES string of the molecule is N#CC1(COS(=O)(=O)C(F)(F)F)CCC1. The second-order valence-corrected chi connectivity index (χ2v) is 5.01. The molecule has 0 aliphatic heterocycles. The molecule has 0 atom stereocenters. The first kappa shape index (κ1) is 12.3. The minimum atomic E-state index is -5.57. The molecule has 0 unspecified atom stereocenters. The van der Waals surface area contributed by atoms with Crippen LogP contribution in [-0.2, 0) is 14.3 Å². The summed E-state index contributed by atoms with van der Waals surface area (Å²) in [6.07, 6.45) is 1.44. The molecule has 0 heterocycles. The monoisotopic (exact) mass is 243 g/mol. The minimum Gasteiger partial charge on any atom is -0.261 e. The Bertz CT molecular complexity index is 377. The molecule has 0 spiro atoms. The molecule has 0 aromatic carbocycles. The molecule has 0 aromatic rings. The Labute approximate surface area is 84.8 Å². The van der Waals surface area contributed by atoms with Crippen molar-refractivity contribution in [3.05, 3.63) is 0 Å². The summed E-state index contributed by atoms with van der Waals surface area (Å²) in [7, 11) is -5.57. The van der Waals surface area contributed by atoms with E-state index in [1.54, 1.807) is 6.07 Å². The van der Waals surface area contributed by atoms with E-state index >= 15 is 0 Å². The van der Waals surface area contributed by atoms with Gasteiger partial charge in [-0.3, -0.25) is 4.18 Å². The highest BCUT2D eigenvalue weighted by atomic mass is 32.2. The van der Waals surface area contributed by atoms with Gasteiger partial charge in [-0.1, -0.05) is 6.42 Å². The second kappa shape index (κ2) is 3.64. The van der Waals surface area contributed by atoms with E-state index in [4.69, 9.17) is 5.26 Å². The Kier molecular flexibility index (Phi) is 2.98. The summed E-state index contributed by atoms with van der Waals surface area (Å²) in [6.45, 7) is -0.717. The average Bonchev–Trinajstić information content (AvgIpc) is 2.00. The summed E-state index contributed by atoms with van der Waals surface area (Å²) in [4.78, 5) is 0. The largest absolute Gasteiger partial charge is 0.523 e. The van der Waals surface area contributed by atoms with Crippen molar-refractivity contribution < 1.29 is 25.8 Å². The fourth-order valence-electron chi connectivity index (χ4n) is 1.15. The van der Waals surface area contributed by atoms with E-state index in [-0.39, 0.29) is 0 Å². The number of hydrogen-bond donors (Lipinski definition) is 0. The maximum Gasteiger partial charge on any atom is 0.523 e. The van der Waals surface area contributed by atoms with Crippen LogP contribution in [0.25, 0.3) is 0 Å². The van der Waals surface area contributed by atoms with E-state index in [1.807, 2.05) is 0 Å². The molecular formula is C7H8F3NO3S. The van der Waals surface area contributed by atoms with Crippen molar-refractivity contribution in [3.63, 3.8) is 0 Å². The molecule has 1 rings (SSSR count). The average molecular weight is 243 g/mol. The highest BCUT2D eigenvalue weighted by Crippen LogP contribution is 2.41. The van der Waals surface area contributed by atoms with Gasteiger partial charge in [0.15, 0.2) is 0 Å². The van der Waals surface area contributed by atoms with Gasteiger partial charge >= 0.3 is 15.6 Å². The fourth-order valence-corrected chi connectivity index (χ4v) is 1.66. The molecule has 0 bridgehead atoms. The highest BCUT2D eigenvalue weighted by molar-refractivity contribution is 7.87. The number of nitrogens with zero attached hydrogens (tertiary/aromatic N) is 1. The molecule has 8 heteroatoms. The lowest BCUT2D eigenvalue weighted by Gasteiger charge is -2.34. The molecule has 0 saturated heterocycles. The molecular weight excluding hydrogens is 235 g/mol. The van der Waals surface area contributed by atoms with E-state index in [2.05, 4.69) is 4.18 Å². The van der Waals surface area contributed by atoms with Crippen LogP contribution in [0.15, 0.2) is 0 Å². The maximum absolute atomic E-state index is 11.8. The quantitative estimate of drug-likeness (QED) is 0.557. The van der Waals surface area contributed by atoms with Crippen LogP contribution in [0.4, 0.5) is 13.2 Å². The predicted octanol–water partition coefficient (Wildman–Crippen LogP) is 1.55. The van der Waals surface area contributed by atoms with Crippen molar-refractivity contribution in [1.29, 1.82) is 5.26 Å². The van der Waals surface area contributed by atoms with Gasteiger partial charge in [0.1, 0.15) is 0 Å². The Morgan fingerprint density at radius 3 is 2.20 bits per heavy atom. The van der Waals surface area contributed by atoms with Crippen LogP contribution in [0.2, 0.25) is 0 Å². The first-order chi connectivity index (χ1) is 6.72. The Hall–Kier alpha value is -0.810. The van der Waals surface area contributed by atoms with Crippen LogP contribution >= 0.6 is 0 Å². The Morgan fingerprint density at radius 1 is 1.40 bits per heavy atom. The zero-order chi connectivity index (χ0) is 11.7. The molecule has 1 fully saturated rings. The second-order valence-electron chi connectivity index (χ2n) is 3.41. The van der Waals surface area contributed by atoms with Gasteiger partial charge in [-0.25, -0.2) is 0 Å². The summed E-state index contributed by atoms with van der Waals surface area (Å²) < 4.78 is 60.3. The van der Waals surface area contributed by atoms with Crippen LogP contribution in [0, 0.1) is 16.7 Å². The zero-order valence-electron chi connectivity index (χ0n) is 7.54. The van der Waals surface area contributed by atoms with Gasteiger partial charge in [0, 0.05) is 0 Å². The Morgan fingerprint density at radius 2 is 1.93 bits per heavy atom. The van der Waals surface area contributed by atoms with Crippen molar-refractivity contribution in [3.8, 4) is 6.07 Å². The molecule has 15 heavy (non-hydrogen) atoms. The molecule has 0 amide bonds. The first-order valence-corrected chi connectivity index (χ1v) is 5.50. The molecule has 1 saturated carbocycles. The smallest absolute Gasteiger partial charge is 0.261 e. The minimum absolute atomic E-state index is 0.372. The summed E-state index contributed by atoms with van der Waals surface area (Å²) in [5, 5.41) is 8.63. The molecule has 4 nitrogen and oxygen atoms in total. The molecule has 0 N–H and O–H groups in total. The molecule has 0 aromatic heterocycles. The van der Waals surface area contributed by atoms with E-state index in [0.29, 0.717) is 19.3 Å². The zero-order valence-corrected chi connectivity index (χ0v) is 8.36. The van der Waals surface area contributed by atoms with Crippen LogP contribution in [0.3, 0.4) is 0 Å². The van der Waals surface area contributed by atoms with Crippen molar-refractivity contribution in [1.82, 2.24) is 0 Å². The van der Waals surface area contributed by atoms with E-state index in [0.717, 1.165) is 0 Å². The third kappa shape index (κ3) is 2.41. The summed E-state index contributed by atoms with van der Waals surface area (Å²) in [5.41, 5.74) is -6.48. The lowest BCUT2D eigenvalue weighted by molar-refractivity contribution is -0.0571. The predicted molar refractivity (Wildman–Crippen MR) is 42.8 cm³/mol. The molecule has 0 radical (unpaired) electrons. The summed E-state index contributed by atoms with van der Waals surface area (Å²) >= 11 is 0. The van der Waals surface area contributed by atoms with Crippen molar-refractivity contribution in [2.45, 2.75) is 24.8 Å². The van der Waals surface area contributed by atoms with E-state index in [9.17, 15) is 21.6 Å². The van der Waals surface area contributed by atoms with Crippen molar-refractivity contribution in [2.75, 3.05) is 6.61 Å².